The molecule has 1 nitrogen and oxygen atoms in total. The average molecular weight is 162 g/mol. The van der Waals surface area contributed by atoms with E-state index in [0.717, 1.165) is 5.92 Å². The predicted molar refractivity (Wildman–Crippen MR) is 45.6 cm³/mol. The Kier molecular flexibility index (Phi) is 1.99. The van der Waals surface area contributed by atoms with Gasteiger partial charge in [0.25, 0.3) is 0 Å². The highest BCUT2D eigenvalue weighted by atomic mass is 35.5. The minimum Gasteiger partial charge on any atom is -0.309 e. The van der Waals surface area contributed by atoms with E-state index in [1.807, 2.05) is 0 Å². The molecule has 1 N–H and O–H groups in total. The zero-order valence-corrected chi connectivity index (χ0v) is 7.50. The number of hydrogen-bond donors (Lipinski definition) is 1. The van der Waals surface area contributed by atoms with Crippen LogP contribution in [0, 0.1) is 5.92 Å². The van der Waals surface area contributed by atoms with E-state index in [1.165, 1.54) is 19.3 Å². The molecule has 60 valence electrons. The third-order valence-corrected chi connectivity index (χ3v) is 2.63. The van der Waals surface area contributed by atoms with Gasteiger partial charge in [-0.15, -0.1) is 12.4 Å². The van der Waals surface area contributed by atoms with Gasteiger partial charge >= 0.3 is 0 Å². The molecule has 0 amide bonds. The van der Waals surface area contributed by atoms with E-state index >= 15 is 0 Å². The molecule has 2 heteroatoms. The Morgan fingerprint density at radius 3 is 1.90 bits per heavy atom. The Morgan fingerprint density at radius 2 is 1.80 bits per heavy atom. The van der Waals surface area contributed by atoms with Gasteiger partial charge in [-0.25, -0.2) is 0 Å². The molecule has 3 aliphatic rings. The van der Waals surface area contributed by atoms with Crippen molar-refractivity contribution < 1.29 is 0 Å². The average Bonchev–Trinajstić information content (AvgIpc) is 1.50. The number of halogens is 1. The molecule has 2 bridgehead atoms. The third-order valence-electron chi connectivity index (χ3n) is 2.63. The molecule has 10 heavy (non-hydrogen) atoms. The minimum atomic E-state index is 0. The van der Waals surface area contributed by atoms with Crippen LogP contribution in [0.5, 0.6) is 0 Å². The van der Waals surface area contributed by atoms with Gasteiger partial charge in [0.05, 0.1) is 0 Å². The first kappa shape index (κ1) is 8.35. The molecular weight excluding hydrogens is 146 g/mol. The second kappa shape index (κ2) is 2.38. The van der Waals surface area contributed by atoms with Crippen LogP contribution >= 0.6 is 12.4 Å². The summed E-state index contributed by atoms with van der Waals surface area (Å²) in [7, 11) is 0. The van der Waals surface area contributed by atoms with Crippen LogP contribution in [0.1, 0.15) is 33.1 Å². The highest BCUT2D eigenvalue weighted by molar-refractivity contribution is 5.85. The molecule has 0 radical (unpaired) electrons. The SMILES string of the molecule is CC(C)NC12CC(C1)C2.Cl. The Labute approximate surface area is 69.0 Å². The minimum absolute atomic E-state index is 0. The quantitative estimate of drug-likeness (QED) is 0.653. The van der Waals surface area contributed by atoms with Crippen molar-refractivity contribution in [2.75, 3.05) is 0 Å². The van der Waals surface area contributed by atoms with Gasteiger partial charge < -0.3 is 5.32 Å². The van der Waals surface area contributed by atoms with Crippen molar-refractivity contribution in [2.24, 2.45) is 5.92 Å². The van der Waals surface area contributed by atoms with Gasteiger partial charge in [-0.2, -0.15) is 0 Å². The summed E-state index contributed by atoms with van der Waals surface area (Å²) in [5.41, 5.74) is 0.638. The molecule has 0 heterocycles. The van der Waals surface area contributed by atoms with Crippen molar-refractivity contribution in [3.8, 4) is 0 Å². The number of rotatable bonds is 2. The van der Waals surface area contributed by atoms with Crippen LogP contribution in [0.4, 0.5) is 0 Å². The normalized spacial score (nSPS) is 41.7. The molecule has 0 spiro atoms. The Balaban J connectivity index is 0.000000500. The van der Waals surface area contributed by atoms with E-state index in [9.17, 15) is 0 Å². The summed E-state index contributed by atoms with van der Waals surface area (Å²) in [5, 5.41) is 3.62. The topological polar surface area (TPSA) is 12.0 Å². The predicted octanol–water partition coefficient (Wildman–Crippen LogP) is 1.96. The van der Waals surface area contributed by atoms with Crippen LogP contribution < -0.4 is 5.32 Å². The lowest BCUT2D eigenvalue weighted by molar-refractivity contribution is -0.0561. The molecule has 0 unspecified atom stereocenters. The fraction of sp³-hybridized carbons (Fsp3) is 1.00. The Bertz CT molecular complexity index is 116. The van der Waals surface area contributed by atoms with Gasteiger partial charge in [0.1, 0.15) is 0 Å². The summed E-state index contributed by atoms with van der Waals surface area (Å²) in [6.07, 6.45) is 4.39. The van der Waals surface area contributed by atoms with Crippen LogP contribution in [-0.4, -0.2) is 11.6 Å². The fourth-order valence-corrected chi connectivity index (χ4v) is 2.27. The summed E-state index contributed by atoms with van der Waals surface area (Å²) in [6, 6.07) is 0.686. The lowest BCUT2D eigenvalue weighted by atomic mass is 9.50. The molecule has 0 aliphatic heterocycles. The van der Waals surface area contributed by atoms with Crippen LogP contribution in [-0.2, 0) is 0 Å². The summed E-state index contributed by atoms with van der Waals surface area (Å²) >= 11 is 0. The molecular formula is C8H16ClN. The Hall–Kier alpha value is 0.250. The second-order valence-corrected chi connectivity index (χ2v) is 4.06. The molecule has 0 aromatic carbocycles. The van der Waals surface area contributed by atoms with E-state index in [2.05, 4.69) is 19.2 Å². The molecule has 0 atom stereocenters. The van der Waals surface area contributed by atoms with Crippen LogP contribution in [0.15, 0.2) is 0 Å². The first-order valence-corrected chi connectivity index (χ1v) is 3.98. The van der Waals surface area contributed by atoms with Gasteiger partial charge in [0, 0.05) is 11.6 Å². The number of nitrogens with one attached hydrogen (secondary N) is 1. The van der Waals surface area contributed by atoms with E-state index in [1.54, 1.807) is 0 Å². The van der Waals surface area contributed by atoms with E-state index < -0.39 is 0 Å². The van der Waals surface area contributed by atoms with Gasteiger partial charge in [-0.1, -0.05) is 13.8 Å². The maximum Gasteiger partial charge on any atom is 0.0191 e. The van der Waals surface area contributed by atoms with Crippen LogP contribution in [0.25, 0.3) is 0 Å². The summed E-state index contributed by atoms with van der Waals surface area (Å²) in [6.45, 7) is 4.47. The van der Waals surface area contributed by atoms with Crippen LogP contribution in [0.2, 0.25) is 0 Å². The number of hydrogen-bond acceptors (Lipinski definition) is 1. The zero-order valence-electron chi connectivity index (χ0n) is 6.68. The van der Waals surface area contributed by atoms with Crippen molar-refractivity contribution in [3.05, 3.63) is 0 Å². The molecule has 0 saturated heterocycles. The van der Waals surface area contributed by atoms with Gasteiger partial charge in [0.2, 0.25) is 0 Å². The van der Waals surface area contributed by atoms with Crippen molar-refractivity contribution in [3.63, 3.8) is 0 Å². The van der Waals surface area contributed by atoms with Crippen molar-refractivity contribution >= 4 is 12.4 Å². The zero-order chi connectivity index (χ0) is 6.48. The van der Waals surface area contributed by atoms with Gasteiger partial charge in [0.15, 0.2) is 0 Å². The standard InChI is InChI=1S/C8H15N.ClH/c1-6(2)9-8-3-7(4-8)5-8;/h6-7,9H,3-5H2,1-2H3;1H. The van der Waals surface area contributed by atoms with Crippen molar-refractivity contribution in [1.82, 2.24) is 5.32 Å². The first-order valence-electron chi connectivity index (χ1n) is 3.98. The monoisotopic (exact) mass is 161 g/mol. The van der Waals surface area contributed by atoms with E-state index in [-0.39, 0.29) is 12.4 Å². The maximum absolute atomic E-state index is 3.62. The summed E-state index contributed by atoms with van der Waals surface area (Å²) in [5.74, 6) is 1.11. The fourth-order valence-electron chi connectivity index (χ4n) is 2.27. The summed E-state index contributed by atoms with van der Waals surface area (Å²) in [4.78, 5) is 0. The third kappa shape index (κ3) is 1.06. The van der Waals surface area contributed by atoms with E-state index in [4.69, 9.17) is 0 Å². The lowest BCUT2D eigenvalue weighted by Gasteiger charge is -2.63. The summed E-state index contributed by atoms with van der Waals surface area (Å²) < 4.78 is 0. The molecule has 3 rings (SSSR count). The van der Waals surface area contributed by atoms with Crippen molar-refractivity contribution in [1.29, 1.82) is 0 Å². The highest BCUT2D eigenvalue weighted by Gasteiger charge is 2.56. The first-order chi connectivity index (χ1) is 4.20. The highest BCUT2D eigenvalue weighted by Crippen LogP contribution is 2.57. The van der Waals surface area contributed by atoms with E-state index in [0.29, 0.717) is 11.6 Å². The molecule has 3 saturated carbocycles. The van der Waals surface area contributed by atoms with Crippen molar-refractivity contribution in [2.45, 2.75) is 44.7 Å². The Morgan fingerprint density at radius 1 is 1.30 bits per heavy atom. The smallest absolute Gasteiger partial charge is 0.0191 e. The molecule has 0 aromatic rings. The molecule has 0 aromatic heterocycles. The van der Waals surface area contributed by atoms with Crippen LogP contribution in [0.3, 0.4) is 0 Å². The molecule has 3 aliphatic carbocycles. The maximum atomic E-state index is 3.62. The largest absolute Gasteiger partial charge is 0.309 e. The van der Waals surface area contributed by atoms with Gasteiger partial charge in [-0.3, -0.25) is 0 Å². The second-order valence-electron chi connectivity index (χ2n) is 4.06. The van der Waals surface area contributed by atoms with Gasteiger partial charge in [-0.05, 0) is 25.2 Å². The lowest BCUT2D eigenvalue weighted by Crippen LogP contribution is -2.68. The molecule has 3 fully saturated rings.